The molecule has 0 bridgehead atoms. The Morgan fingerprint density at radius 2 is 1.74 bits per heavy atom. The van der Waals surface area contributed by atoms with Crippen molar-refractivity contribution in [2.75, 3.05) is 19.6 Å². The molecule has 23 heavy (non-hydrogen) atoms. The minimum Gasteiger partial charge on any atom is -0.300 e. The highest BCUT2D eigenvalue weighted by Crippen LogP contribution is 2.36. The molecule has 2 heterocycles. The van der Waals surface area contributed by atoms with E-state index < -0.39 is 23.7 Å². The Bertz CT molecular complexity index is 610. The molecule has 0 saturated carbocycles. The van der Waals surface area contributed by atoms with Crippen LogP contribution in [-0.4, -0.2) is 53.2 Å². The summed E-state index contributed by atoms with van der Waals surface area (Å²) in [5, 5.41) is 0. The normalized spacial score (nSPS) is 24.4. The van der Waals surface area contributed by atoms with Crippen molar-refractivity contribution in [1.29, 1.82) is 0 Å². The average molecular weight is 322 g/mol. The summed E-state index contributed by atoms with van der Waals surface area (Å²) in [6.45, 7) is 4.22. The number of likely N-dealkylation sites (tertiary alicyclic amines) is 1. The first-order chi connectivity index (χ1) is 10.8. The lowest BCUT2D eigenvalue weighted by Crippen LogP contribution is -2.53. The van der Waals surface area contributed by atoms with Crippen LogP contribution in [0.5, 0.6) is 0 Å². The van der Waals surface area contributed by atoms with Crippen molar-refractivity contribution in [3.05, 3.63) is 35.4 Å². The van der Waals surface area contributed by atoms with E-state index in [0.29, 0.717) is 17.7 Å². The summed E-state index contributed by atoms with van der Waals surface area (Å²) in [6.07, 6.45) is -0.237. The van der Waals surface area contributed by atoms with Gasteiger partial charge in [0.15, 0.2) is 0 Å². The predicted molar refractivity (Wildman–Crippen MR) is 81.6 cm³/mol. The Labute approximate surface area is 134 Å². The van der Waals surface area contributed by atoms with Crippen molar-refractivity contribution in [2.24, 2.45) is 5.92 Å². The third-order valence-electron chi connectivity index (χ3n) is 4.80. The second kappa shape index (κ2) is 5.67. The van der Waals surface area contributed by atoms with Gasteiger partial charge in [-0.05, 0) is 26.0 Å². The lowest BCUT2D eigenvalue weighted by atomic mass is 9.92. The number of benzene rings is 1. The lowest BCUT2D eigenvalue weighted by molar-refractivity contribution is -0.113. The van der Waals surface area contributed by atoms with Crippen LogP contribution in [0.25, 0.3) is 0 Å². The van der Waals surface area contributed by atoms with Crippen LogP contribution in [-0.2, 0) is 0 Å². The van der Waals surface area contributed by atoms with Crippen molar-refractivity contribution in [3.8, 4) is 0 Å². The largest absolute Gasteiger partial charge is 0.300 e. The number of fused-ring (bicyclic) bond motifs is 1. The number of amides is 2. The fourth-order valence-corrected chi connectivity index (χ4v) is 3.29. The highest BCUT2D eigenvalue weighted by molar-refractivity contribution is 6.21. The molecule has 6 heteroatoms. The number of piperidine rings is 1. The number of rotatable bonds is 3. The van der Waals surface area contributed by atoms with Crippen molar-refractivity contribution >= 4 is 11.8 Å². The molecule has 2 amide bonds. The molecule has 3 rings (SSSR count). The monoisotopic (exact) mass is 322 g/mol. The Balaban J connectivity index is 1.81. The van der Waals surface area contributed by atoms with Crippen LogP contribution in [0.3, 0.4) is 0 Å². The van der Waals surface area contributed by atoms with Crippen molar-refractivity contribution in [1.82, 2.24) is 9.80 Å². The zero-order valence-corrected chi connectivity index (χ0v) is 13.3. The molecule has 1 unspecified atom stereocenters. The molecular formula is C17H20F2N2O2. The molecule has 0 radical (unpaired) electrons. The molecule has 1 aromatic rings. The van der Waals surface area contributed by atoms with Gasteiger partial charge in [0.25, 0.3) is 17.7 Å². The van der Waals surface area contributed by atoms with Crippen molar-refractivity contribution < 1.29 is 18.4 Å². The molecule has 1 fully saturated rings. The summed E-state index contributed by atoms with van der Waals surface area (Å²) >= 11 is 0. The minimum atomic E-state index is -2.86. The van der Waals surface area contributed by atoms with Gasteiger partial charge < -0.3 is 4.90 Å². The van der Waals surface area contributed by atoms with Gasteiger partial charge in [0, 0.05) is 32.1 Å². The van der Waals surface area contributed by atoms with Crippen molar-refractivity contribution in [3.63, 3.8) is 0 Å². The third kappa shape index (κ3) is 2.76. The number of carbonyl (C=O) groups is 2. The first kappa shape index (κ1) is 16.1. The van der Waals surface area contributed by atoms with Gasteiger partial charge in [0.05, 0.1) is 17.0 Å². The van der Waals surface area contributed by atoms with Gasteiger partial charge in [-0.15, -0.1) is 0 Å². The van der Waals surface area contributed by atoms with Gasteiger partial charge in [-0.1, -0.05) is 12.1 Å². The van der Waals surface area contributed by atoms with Gasteiger partial charge in [-0.2, -0.15) is 0 Å². The molecule has 0 N–H and O–H groups in total. The number of halogens is 2. The van der Waals surface area contributed by atoms with Crippen LogP contribution in [0.15, 0.2) is 24.3 Å². The number of carbonyl (C=O) groups excluding carboxylic acids is 2. The molecule has 4 nitrogen and oxygen atoms in total. The average Bonchev–Trinajstić information content (AvgIpc) is 2.74. The molecule has 124 valence electrons. The minimum absolute atomic E-state index is 0.163. The zero-order valence-electron chi connectivity index (χ0n) is 13.3. The van der Waals surface area contributed by atoms with Crippen molar-refractivity contribution in [2.45, 2.75) is 32.2 Å². The van der Waals surface area contributed by atoms with E-state index in [-0.39, 0.29) is 25.6 Å². The molecular weight excluding hydrogens is 302 g/mol. The van der Waals surface area contributed by atoms with Crippen LogP contribution in [0.2, 0.25) is 0 Å². The smallest absolute Gasteiger partial charge is 0.261 e. The molecule has 0 aliphatic carbocycles. The molecule has 1 saturated heterocycles. The fourth-order valence-electron chi connectivity index (χ4n) is 3.29. The zero-order chi connectivity index (χ0) is 16.8. The quantitative estimate of drug-likeness (QED) is 0.803. The molecule has 0 spiro atoms. The lowest BCUT2D eigenvalue weighted by Gasteiger charge is -2.41. The van der Waals surface area contributed by atoms with E-state index in [1.165, 1.54) is 0 Å². The van der Waals surface area contributed by atoms with Gasteiger partial charge in [-0.3, -0.25) is 14.5 Å². The standard InChI is InChI=1S/C17H20F2N2O2/c1-11(2)20-8-7-17(18,19)12(9-20)10-21-15(22)13-5-3-4-6-14(13)16(21)23/h3-6,11-12H,7-10H2,1-2H3. The maximum absolute atomic E-state index is 14.3. The van der Waals surface area contributed by atoms with E-state index in [1.54, 1.807) is 24.3 Å². The first-order valence-corrected chi connectivity index (χ1v) is 7.88. The SMILES string of the molecule is CC(C)N1CCC(F)(F)C(CN2C(=O)c3ccccc3C2=O)C1. The molecule has 2 aliphatic heterocycles. The van der Waals surface area contributed by atoms with Crippen LogP contribution in [0, 0.1) is 5.92 Å². The fraction of sp³-hybridized carbons (Fsp3) is 0.529. The predicted octanol–water partition coefficient (Wildman–Crippen LogP) is 2.65. The number of imide groups is 1. The van der Waals surface area contributed by atoms with E-state index in [1.807, 2.05) is 18.7 Å². The Kier molecular flexibility index (Phi) is 3.96. The Morgan fingerprint density at radius 1 is 1.17 bits per heavy atom. The number of hydrogen-bond acceptors (Lipinski definition) is 3. The number of nitrogens with zero attached hydrogens (tertiary/aromatic N) is 2. The number of alkyl halides is 2. The van der Waals surface area contributed by atoms with Gasteiger partial charge in [0.1, 0.15) is 0 Å². The Morgan fingerprint density at radius 3 is 2.26 bits per heavy atom. The van der Waals surface area contributed by atoms with E-state index in [2.05, 4.69) is 0 Å². The molecule has 0 aromatic heterocycles. The second-order valence-electron chi connectivity index (χ2n) is 6.56. The molecule has 1 aromatic carbocycles. The molecule has 1 atom stereocenters. The van der Waals surface area contributed by atoms with E-state index in [4.69, 9.17) is 0 Å². The van der Waals surface area contributed by atoms with Crippen LogP contribution >= 0.6 is 0 Å². The highest BCUT2D eigenvalue weighted by Gasteiger charge is 2.47. The first-order valence-electron chi connectivity index (χ1n) is 7.88. The van der Waals surface area contributed by atoms with Gasteiger partial charge >= 0.3 is 0 Å². The van der Waals surface area contributed by atoms with Crippen LogP contribution in [0.4, 0.5) is 8.78 Å². The van der Waals surface area contributed by atoms with Gasteiger partial charge in [0.2, 0.25) is 0 Å². The van der Waals surface area contributed by atoms with Crippen LogP contribution in [0.1, 0.15) is 41.0 Å². The maximum Gasteiger partial charge on any atom is 0.261 e. The van der Waals surface area contributed by atoms with E-state index in [0.717, 1.165) is 4.90 Å². The highest BCUT2D eigenvalue weighted by atomic mass is 19.3. The Hall–Kier alpha value is -1.82. The number of hydrogen-bond donors (Lipinski definition) is 0. The summed E-state index contributed by atoms with van der Waals surface area (Å²) in [4.78, 5) is 27.7. The summed E-state index contributed by atoms with van der Waals surface area (Å²) in [6, 6.07) is 6.63. The topological polar surface area (TPSA) is 40.6 Å². The van der Waals surface area contributed by atoms with Crippen LogP contribution < -0.4 is 0 Å². The third-order valence-corrected chi connectivity index (χ3v) is 4.80. The second-order valence-corrected chi connectivity index (χ2v) is 6.56. The summed E-state index contributed by atoms with van der Waals surface area (Å²) in [7, 11) is 0. The summed E-state index contributed by atoms with van der Waals surface area (Å²) in [5.41, 5.74) is 0.606. The maximum atomic E-state index is 14.3. The van der Waals surface area contributed by atoms with E-state index in [9.17, 15) is 18.4 Å². The van der Waals surface area contributed by atoms with E-state index >= 15 is 0 Å². The summed E-state index contributed by atoms with van der Waals surface area (Å²) in [5.74, 6) is -4.83. The van der Waals surface area contributed by atoms with Gasteiger partial charge in [-0.25, -0.2) is 8.78 Å². The summed E-state index contributed by atoms with van der Waals surface area (Å²) < 4.78 is 28.5. The molecule has 2 aliphatic rings.